The van der Waals surface area contributed by atoms with Gasteiger partial charge in [-0.25, -0.2) is 37.3 Å². The Morgan fingerprint density at radius 3 is 0.659 bits per heavy atom. The van der Waals surface area contributed by atoms with E-state index < -0.39 is 20.5 Å². The third kappa shape index (κ3) is 18.4. The van der Waals surface area contributed by atoms with Crippen LogP contribution in [0.5, 0.6) is 0 Å². The van der Waals surface area contributed by atoms with Gasteiger partial charge in [0.25, 0.3) is 0 Å². The molecule has 0 saturated heterocycles. The first-order valence-electron chi connectivity index (χ1n) is 10.7. The first-order valence-corrected chi connectivity index (χ1v) is 13.2. The molecule has 0 amide bonds. The van der Waals surface area contributed by atoms with E-state index in [9.17, 15) is 0 Å². The maximum atomic E-state index is 8.49. The van der Waals surface area contributed by atoms with Gasteiger partial charge in [-0.2, -0.15) is 0 Å². The maximum Gasteiger partial charge on any atom is 2.00 e. The molecular weight excluding hydrogens is 630 g/mol. The largest absolute Gasteiger partial charge is 2.00 e. The van der Waals surface area contributed by atoms with Gasteiger partial charge < -0.3 is 33.6 Å². The minimum atomic E-state index is -4.94. The molecule has 0 aromatic heterocycles. The Labute approximate surface area is 249 Å². The number of nitrogens with two attached hydrogens (primary N) is 4. The van der Waals surface area contributed by atoms with Gasteiger partial charge in [-0.05, 0) is 48.5 Å². The van der Waals surface area contributed by atoms with Crippen molar-refractivity contribution in [2.24, 2.45) is 0 Å². The van der Waals surface area contributed by atoms with Gasteiger partial charge in [0.1, 0.15) is 0 Å². The summed E-state index contributed by atoms with van der Waals surface area (Å²) in [7, 11) is -9.89. The quantitative estimate of drug-likeness (QED) is 0.0894. The molecular formula is C24H26Cl2N6NiO8. The number of benzene rings is 4. The van der Waals surface area contributed by atoms with Crippen LogP contribution in [-0.4, -0.2) is 0 Å². The molecule has 0 bridgehead atoms. The van der Waals surface area contributed by atoms with Crippen LogP contribution in [0.25, 0.3) is 0 Å². The summed E-state index contributed by atoms with van der Waals surface area (Å²) in [5.41, 5.74) is 29.6. The Hall–Kier alpha value is -3.57. The minimum absolute atomic E-state index is 0. The summed E-state index contributed by atoms with van der Waals surface area (Å²) < 4.78 is 67.9. The average Bonchev–Trinajstić information content (AvgIpc) is 2.83. The van der Waals surface area contributed by atoms with Gasteiger partial charge in [0.2, 0.25) is 0 Å². The smallest absolute Gasteiger partial charge is 0.397 e. The second kappa shape index (κ2) is 18.0. The molecule has 41 heavy (non-hydrogen) atoms. The normalized spacial score (nSPS) is 10.1. The van der Waals surface area contributed by atoms with E-state index in [0.717, 1.165) is 22.7 Å². The number of halogens is 2. The molecule has 0 fully saturated rings. The zero-order valence-corrected chi connectivity index (χ0v) is 23.4. The molecule has 0 aliphatic heterocycles. The standard InChI is InChI=1S/2C12H13N3.2ClHO4.Ni/c2*13-9-5-1-3-7-11(9)15-12-8-4-2-6-10(12)14;2*2-1(3,4)5;/h2*1-8,15H,13-14H2;2*(H,2,3,4,5);/q;;;;+2/p-2. The molecule has 224 valence electrons. The van der Waals surface area contributed by atoms with Crippen LogP contribution in [0.2, 0.25) is 0 Å². The Morgan fingerprint density at radius 2 is 0.512 bits per heavy atom. The number of nitrogens with one attached hydrogen (secondary N) is 2. The molecule has 0 aliphatic carbocycles. The number of anilines is 8. The van der Waals surface area contributed by atoms with E-state index in [4.69, 9.17) is 60.2 Å². The predicted molar refractivity (Wildman–Crippen MR) is 130 cm³/mol. The number of rotatable bonds is 4. The maximum absolute atomic E-state index is 8.49. The summed E-state index contributed by atoms with van der Waals surface area (Å²) >= 11 is 0. The van der Waals surface area contributed by atoms with E-state index in [1.54, 1.807) is 0 Å². The molecule has 17 heteroatoms. The molecule has 0 radical (unpaired) electrons. The fraction of sp³-hybridized carbons (Fsp3) is 0. The van der Waals surface area contributed by atoms with Gasteiger partial charge in [0, 0.05) is 0 Å². The summed E-state index contributed by atoms with van der Waals surface area (Å²) in [5, 5.41) is 6.38. The SMILES string of the molecule is Nc1ccccc1Nc1ccccc1N.Nc1ccccc1Nc1ccccc1N.[Ni+2].[O-][Cl+3]([O-])([O-])[O-].[O-][Cl+3]([O-])([O-])[O-]. The Kier molecular flexibility index (Phi) is 16.4. The van der Waals surface area contributed by atoms with Crippen molar-refractivity contribution in [1.82, 2.24) is 0 Å². The third-order valence-electron chi connectivity index (χ3n) is 4.38. The van der Waals surface area contributed by atoms with E-state index in [2.05, 4.69) is 10.6 Å². The number of para-hydroxylation sites is 8. The molecule has 4 aromatic carbocycles. The van der Waals surface area contributed by atoms with Crippen LogP contribution >= 0.6 is 0 Å². The van der Waals surface area contributed by atoms with Gasteiger partial charge >= 0.3 is 16.5 Å². The van der Waals surface area contributed by atoms with Crippen molar-refractivity contribution in [3.05, 3.63) is 97.1 Å². The number of nitrogen functional groups attached to an aromatic ring is 4. The zero-order chi connectivity index (χ0) is 30.3. The summed E-state index contributed by atoms with van der Waals surface area (Å²) in [5.74, 6) is 0. The first kappa shape index (κ1) is 37.4. The molecule has 0 unspecified atom stereocenters. The van der Waals surface area contributed by atoms with Gasteiger partial charge in [-0.3, -0.25) is 0 Å². The number of hydrogen-bond acceptors (Lipinski definition) is 14. The van der Waals surface area contributed by atoms with E-state index in [1.165, 1.54) is 0 Å². The summed E-state index contributed by atoms with van der Waals surface area (Å²) in [6, 6.07) is 30.4. The topological polar surface area (TPSA) is 313 Å². The predicted octanol–water partition coefficient (Wildman–Crippen LogP) is -4.33. The van der Waals surface area contributed by atoms with Crippen LogP contribution in [0.1, 0.15) is 0 Å². The van der Waals surface area contributed by atoms with Crippen LogP contribution in [0, 0.1) is 20.5 Å². The summed E-state index contributed by atoms with van der Waals surface area (Å²) in [6.07, 6.45) is 0. The first-order chi connectivity index (χ1) is 18.5. The van der Waals surface area contributed by atoms with E-state index in [0.29, 0.717) is 22.7 Å². The van der Waals surface area contributed by atoms with E-state index in [-0.39, 0.29) is 16.5 Å². The Balaban J connectivity index is 0.000000581. The molecule has 14 nitrogen and oxygen atoms in total. The van der Waals surface area contributed by atoms with Crippen LogP contribution < -0.4 is 70.8 Å². The van der Waals surface area contributed by atoms with Gasteiger partial charge in [-0.1, -0.05) is 48.5 Å². The third-order valence-corrected chi connectivity index (χ3v) is 4.38. The second-order valence-electron chi connectivity index (χ2n) is 7.35. The van der Waals surface area contributed by atoms with Crippen LogP contribution in [0.15, 0.2) is 97.1 Å². The van der Waals surface area contributed by atoms with Crippen molar-refractivity contribution in [3.63, 3.8) is 0 Å². The Morgan fingerprint density at radius 1 is 0.366 bits per heavy atom. The van der Waals surface area contributed by atoms with Crippen molar-refractivity contribution in [2.75, 3.05) is 33.6 Å². The molecule has 4 rings (SSSR count). The van der Waals surface area contributed by atoms with Crippen LogP contribution in [0.3, 0.4) is 0 Å². The van der Waals surface area contributed by atoms with Crippen molar-refractivity contribution in [1.29, 1.82) is 0 Å². The molecule has 10 N–H and O–H groups in total. The van der Waals surface area contributed by atoms with Crippen molar-refractivity contribution < 1.29 is 74.2 Å². The van der Waals surface area contributed by atoms with Gasteiger partial charge in [-0.15, -0.1) is 20.5 Å². The summed E-state index contributed by atoms with van der Waals surface area (Å²) in [6.45, 7) is 0. The summed E-state index contributed by atoms with van der Waals surface area (Å²) in [4.78, 5) is 0. The second-order valence-corrected chi connectivity index (χ2v) is 8.87. The van der Waals surface area contributed by atoms with Crippen molar-refractivity contribution in [3.8, 4) is 0 Å². The van der Waals surface area contributed by atoms with E-state index in [1.807, 2.05) is 97.1 Å². The Bertz CT molecular complexity index is 1130. The van der Waals surface area contributed by atoms with Gasteiger partial charge in [0.15, 0.2) is 0 Å². The molecule has 0 aliphatic rings. The van der Waals surface area contributed by atoms with Crippen molar-refractivity contribution in [2.45, 2.75) is 0 Å². The molecule has 0 spiro atoms. The minimum Gasteiger partial charge on any atom is -0.397 e. The van der Waals surface area contributed by atoms with Crippen molar-refractivity contribution >= 4 is 45.5 Å². The fourth-order valence-corrected chi connectivity index (χ4v) is 2.73. The van der Waals surface area contributed by atoms with Crippen LogP contribution in [0.4, 0.5) is 45.5 Å². The van der Waals surface area contributed by atoms with Crippen LogP contribution in [-0.2, 0) is 16.5 Å². The van der Waals surface area contributed by atoms with E-state index >= 15 is 0 Å². The number of hydrogen-bond donors (Lipinski definition) is 6. The molecule has 0 saturated carbocycles. The molecule has 0 atom stereocenters. The monoisotopic (exact) mass is 654 g/mol. The molecule has 4 aromatic rings. The van der Waals surface area contributed by atoms with Gasteiger partial charge in [0.05, 0.1) is 45.5 Å². The fourth-order valence-electron chi connectivity index (χ4n) is 2.73. The molecule has 0 heterocycles. The average molecular weight is 656 g/mol. The zero-order valence-electron chi connectivity index (χ0n) is 20.9.